The minimum atomic E-state index is -0.997. The van der Waals surface area contributed by atoms with Crippen molar-refractivity contribution in [1.29, 1.82) is 5.26 Å². The Morgan fingerprint density at radius 2 is 2.14 bits per heavy atom. The number of hydrogen-bond donors (Lipinski definition) is 1. The molecule has 0 aromatic heterocycles. The van der Waals surface area contributed by atoms with Crippen molar-refractivity contribution >= 4 is 27.8 Å². The maximum absolute atomic E-state index is 12.0. The fourth-order valence-corrected chi connectivity index (χ4v) is 2.92. The van der Waals surface area contributed by atoms with Crippen LogP contribution in [0, 0.1) is 17.2 Å². The van der Waals surface area contributed by atoms with Gasteiger partial charge in [-0.1, -0.05) is 28.1 Å². The summed E-state index contributed by atoms with van der Waals surface area (Å²) in [5, 5.41) is 18.9. The van der Waals surface area contributed by atoms with Crippen molar-refractivity contribution in [2.24, 2.45) is 5.92 Å². The van der Waals surface area contributed by atoms with Gasteiger partial charge in [0.2, 0.25) is 5.91 Å². The molecule has 1 N–H and O–H groups in total. The van der Waals surface area contributed by atoms with E-state index in [4.69, 9.17) is 5.26 Å². The van der Waals surface area contributed by atoms with Crippen LogP contribution in [0.1, 0.15) is 17.5 Å². The Balaban J connectivity index is 2.14. The van der Waals surface area contributed by atoms with E-state index in [0.29, 0.717) is 23.9 Å². The summed E-state index contributed by atoms with van der Waals surface area (Å²) in [5.41, 5.74) is 1.33. The third kappa shape index (κ3) is 3.61. The zero-order chi connectivity index (χ0) is 15.4. The largest absolute Gasteiger partial charge is 0.480 e. The molecule has 5 nitrogen and oxygen atoms in total. The zero-order valence-electron chi connectivity index (χ0n) is 11.3. The molecule has 1 fully saturated rings. The molecule has 1 aromatic carbocycles. The number of likely N-dealkylation sites (tertiary alicyclic amines) is 1. The molecule has 21 heavy (non-hydrogen) atoms. The van der Waals surface area contributed by atoms with Crippen LogP contribution in [0.4, 0.5) is 0 Å². The lowest BCUT2D eigenvalue weighted by Crippen LogP contribution is -2.43. The van der Waals surface area contributed by atoms with Crippen LogP contribution in [0.25, 0.3) is 0 Å². The Bertz CT molecular complexity index is 580. The maximum Gasteiger partial charge on any atom is 0.326 e. The van der Waals surface area contributed by atoms with E-state index in [1.54, 1.807) is 24.3 Å². The average molecular weight is 351 g/mol. The molecule has 1 heterocycles. The van der Waals surface area contributed by atoms with E-state index < -0.39 is 12.0 Å². The fraction of sp³-hybridized carbons (Fsp3) is 0.400. The van der Waals surface area contributed by atoms with Gasteiger partial charge in [0.15, 0.2) is 0 Å². The lowest BCUT2D eigenvalue weighted by molar-refractivity contribution is -0.148. The van der Waals surface area contributed by atoms with Gasteiger partial charge in [0.25, 0.3) is 0 Å². The van der Waals surface area contributed by atoms with Crippen LogP contribution < -0.4 is 0 Å². The van der Waals surface area contributed by atoms with Gasteiger partial charge in [-0.25, -0.2) is 4.79 Å². The summed E-state index contributed by atoms with van der Waals surface area (Å²) in [6.07, 6.45) is 0.643. The molecule has 1 aliphatic rings. The van der Waals surface area contributed by atoms with E-state index in [1.807, 2.05) is 6.07 Å². The molecule has 0 spiro atoms. The molecule has 1 saturated heterocycles. The molecule has 2 atom stereocenters. The summed E-state index contributed by atoms with van der Waals surface area (Å²) < 4.78 is 0. The molecular weight excluding hydrogens is 336 g/mol. The molecule has 2 rings (SSSR count). The number of amides is 1. The third-order valence-electron chi connectivity index (χ3n) is 3.63. The number of halogens is 1. The van der Waals surface area contributed by atoms with E-state index in [9.17, 15) is 14.7 Å². The fourth-order valence-electron chi connectivity index (χ4n) is 2.48. The molecule has 110 valence electrons. The summed E-state index contributed by atoms with van der Waals surface area (Å²) in [6, 6.07) is 7.94. The Kier molecular flexibility index (Phi) is 4.97. The second-order valence-corrected chi connectivity index (χ2v) is 5.78. The highest BCUT2D eigenvalue weighted by molar-refractivity contribution is 9.09. The molecule has 0 bridgehead atoms. The number of nitriles is 1. The van der Waals surface area contributed by atoms with Crippen molar-refractivity contribution in [3.8, 4) is 6.07 Å². The predicted molar refractivity (Wildman–Crippen MR) is 79.9 cm³/mol. The molecule has 0 saturated carbocycles. The van der Waals surface area contributed by atoms with Crippen LogP contribution in [-0.4, -0.2) is 39.8 Å². The van der Waals surface area contributed by atoms with Crippen LogP contribution in [0.5, 0.6) is 0 Å². The number of carboxylic acid groups (broad SMARTS) is 1. The number of rotatable bonds is 5. The van der Waals surface area contributed by atoms with Gasteiger partial charge in [-0.15, -0.1) is 0 Å². The van der Waals surface area contributed by atoms with E-state index >= 15 is 0 Å². The number of carbonyl (C=O) groups excluding carboxylic acids is 1. The average Bonchev–Trinajstić information content (AvgIpc) is 2.86. The van der Waals surface area contributed by atoms with Gasteiger partial charge < -0.3 is 10.0 Å². The first kappa shape index (κ1) is 15.5. The number of benzene rings is 1. The number of nitrogens with zero attached hydrogens (tertiary/aromatic N) is 2. The molecule has 1 amide bonds. The SMILES string of the molecule is N#Cc1ccc(C[C@@H](C(=O)O)N2CC(CBr)CC2=O)cc1. The topological polar surface area (TPSA) is 81.4 Å². The first-order valence-electron chi connectivity index (χ1n) is 6.62. The Hall–Kier alpha value is -1.87. The summed E-state index contributed by atoms with van der Waals surface area (Å²) in [6.45, 7) is 0.470. The van der Waals surface area contributed by atoms with E-state index in [1.165, 1.54) is 4.90 Å². The minimum absolute atomic E-state index is 0.111. The van der Waals surface area contributed by atoms with Crippen LogP contribution in [0.2, 0.25) is 0 Å². The second-order valence-electron chi connectivity index (χ2n) is 5.14. The summed E-state index contributed by atoms with van der Waals surface area (Å²) in [5.74, 6) is -0.941. The lowest BCUT2D eigenvalue weighted by Gasteiger charge is -2.24. The first-order valence-corrected chi connectivity index (χ1v) is 7.74. The first-order chi connectivity index (χ1) is 10.0. The predicted octanol–water partition coefficient (Wildman–Crippen LogP) is 1.80. The Morgan fingerprint density at radius 3 is 2.62 bits per heavy atom. The monoisotopic (exact) mass is 350 g/mol. The van der Waals surface area contributed by atoms with E-state index in [0.717, 1.165) is 5.56 Å². The maximum atomic E-state index is 12.0. The molecule has 1 unspecified atom stereocenters. The zero-order valence-corrected chi connectivity index (χ0v) is 12.9. The van der Waals surface area contributed by atoms with Crippen LogP contribution in [0.15, 0.2) is 24.3 Å². The van der Waals surface area contributed by atoms with Crippen molar-refractivity contribution in [2.45, 2.75) is 18.9 Å². The van der Waals surface area contributed by atoms with Crippen molar-refractivity contribution in [3.05, 3.63) is 35.4 Å². The van der Waals surface area contributed by atoms with Gasteiger partial charge in [0, 0.05) is 24.7 Å². The quantitative estimate of drug-likeness (QED) is 0.821. The van der Waals surface area contributed by atoms with Crippen LogP contribution >= 0.6 is 15.9 Å². The number of hydrogen-bond acceptors (Lipinski definition) is 3. The van der Waals surface area contributed by atoms with E-state index in [2.05, 4.69) is 15.9 Å². The van der Waals surface area contributed by atoms with Gasteiger partial charge in [-0.3, -0.25) is 4.79 Å². The highest BCUT2D eigenvalue weighted by atomic mass is 79.9. The standard InChI is InChI=1S/C15H15BrN2O3/c16-7-12-6-14(19)18(9-12)13(15(20)21)5-10-1-3-11(8-17)4-2-10/h1-4,12-13H,5-7,9H2,(H,20,21)/t12?,13-/m0/s1. The smallest absolute Gasteiger partial charge is 0.326 e. The lowest BCUT2D eigenvalue weighted by atomic mass is 10.0. The van der Waals surface area contributed by atoms with Gasteiger partial charge in [0.1, 0.15) is 6.04 Å². The van der Waals surface area contributed by atoms with Gasteiger partial charge in [-0.2, -0.15) is 5.26 Å². The Morgan fingerprint density at radius 1 is 1.48 bits per heavy atom. The highest BCUT2D eigenvalue weighted by Gasteiger charge is 2.37. The molecule has 1 aliphatic heterocycles. The Labute approximate surface area is 131 Å². The van der Waals surface area contributed by atoms with Gasteiger partial charge in [-0.05, 0) is 23.6 Å². The van der Waals surface area contributed by atoms with Gasteiger partial charge in [0.05, 0.1) is 11.6 Å². The molecule has 1 aromatic rings. The normalized spacial score (nSPS) is 19.3. The van der Waals surface area contributed by atoms with Crippen molar-refractivity contribution in [2.75, 3.05) is 11.9 Å². The minimum Gasteiger partial charge on any atom is -0.480 e. The molecule has 6 heteroatoms. The summed E-state index contributed by atoms with van der Waals surface area (Å²) >= 11 is 3.34. The molecule has 0 radical (unpaired) electrons. The number of carboxylic acids is 1. The third-order valence-corrected chi connectivity index (χ3v) is 4.55. The number of alkyl halides is 1. The number of carbonyl (C=O) groups is 2. The second kappa shape index (κ2) is 6.72. The summed E-state index contributed by atoms with van der Waals surface area (Å²) in [4.78, 5) is 24.9. The van der Waals surface area contributed by atoms with Crippen molar-refractivity contribution < 1.29 is 14.7 Å². The van der Waals surface area contributed by atoms with Crippen LogP contribution in [-0.2, 0) is 16.0 Å². The molecular formula is C15H15BrN2O3. The van der Waals surface area contributed by atoms with Crippen molar-refractivity contribution in [1.82, 2.24) is 4.90 Å². The number of aliphatic carboxylic acids is 1. The summed E-state index contributed by atoms with van der Waals surface area (Å²) in [7, 11) is 0. The molecule has 0 aliphatic carbocycles. The van der Waals surface area contributed by atoms with E-state index in [-0.39, 0.29) is 18.2 Å². The van der Waals surface area contributed by atoms with Crippen molar-refractivity contribution in [3.63, 3.8) is 0 Å². The van der Waals surface area contributed by atoms with Gasteiger partial charge >= 0.3 is 5.97 Å². The van der Waals surface area contributed by atoms with Crippen LogP contribution in [0.3, 0.4) is 0 Å². The highest BCUT2D eigenvalue weighted by Crippen LogP contribution is 2.23.